The molecule has 2 aromatic rings. The lowest BCUT2D eigenvalue weighted by atomic mass is 9.91. The van der Waals surface area contributed by atoms with E-state index in [-0.39, 0.29) is 35.3 Å². The highest BCUT2D eigenvalue weighted by Crippen LogP contribution is 2.31. The van der Waals surface area contributed by atoms with E-state index in [0.717, 1.165) is 25.0 Å². The molecule has 0 radical (unpaired) electrons. The van der Waals surface area contributed by atoms with Crippen LogP contribution in [0.4, 0.5) is 13.2 Å². The molecular weight excluding hydrogens is 377 g/mol. The van der Waals surface area contributed by atoms with Gasteiger partial charge in [0.25, 0.3) is 0 Å². The highest BCUT2D eigenvalue weighted by atomic mass is 19.4. The maximum atomic E-state index is 12.8. The molecule has 1 aromatic carbocycles. The van der Waals surface area contributed by atoms with Crippen molar-refractivity contribution in [2.24, 2.45) is 0 Å². The maximum Gasteiger partial charge on any atom is 0.416 e. The Balaban J connectivity index is 1.61. The molecule has 3 rings (SSSR count). The molecule has 1 fully saturated rings. The summed E-state index contributed by atoms with van der Waals surface area (Å²) in [6.07, 6.45) is -1.64. The Morgan fingerprint density at radius 3 is 2.36 bits per heavy atom. The summed E-state index contributed by atoms with van der Waals surface area (Å²) in [7, 11) is 0. The highest BCUT2D eigenvalue weighted by molar-refractivity contribution is 5.90. The van der Waals surface area contributed by atoms with E-state index in [9.17, 15) is 22.8 Å². The van der Waals surface area contributed by atoms with Gasteiger partial charge in [-0.15, -0.1) is 0 Å². The van der Waals surface area contributed by atoms with Gasteiger partial charge >= 0.3 is 18.0 Å². The van der Waals surface area contributed by atoms with Crippen LogP contribution in [-0.4, -0.2) is 34.0 Å². The second kappa shape index (κ2) is 7.99. The van der Waals surface area contributed by atoms with Gasteiger partial charge < -0.3 is 15.2 Å². The van der Waals surface area contributed by atoms with E-state index in [1.807, 2.05) is 0 Å². The Hall–Kier alpha value is -2.91. The summed E-state index contributed by atoms with van der Waals surface area (Å²) in [5.41, 5.74) is -0.731. The zero-order chi connectivity index (χ0) is 20.3. The first kappa shape index (κ1) is 19.8. The topological polar surface area (TPSA) is 97.1 Å². The molecular formula is C18H19F3N4O3. The van der Waals surface area contributed by atoms with Crippen LogP contribution in [0, 0.1) is 0 Å². The van der Waals surface area contributed by atoms with Crippen LogP contribution in [0.1, 0.15) is 48.9 Å². The number of hydrogen-bond donors (Lipinski definition) is 2. The molecule has 2 amide bonds. The number of amides is 2. The van der Waals surface area contributed by atoms with Gasteiger partial charge in [-0.3, -0.25) is 9.59 Å². The predicted molar refractivity (Wildman–Crippen MR) is 92.1 cm³/mol. The van der Waals surface area contributed by atoms with Crippen molar-refractivity contribution in [2.75, 3.05) is 0 Å². The summed E-state index contributed by atoms with van der Waals surface area (Å²) in [4.78, 5) is 27.3. The Bertz CT molecular complexity index is 858. The van der Waals surface area contributed by atoms with Gasteiger partial charge in [-0.1, -0.05) is 17.3 Å². The first-order chi connectivity index (χ1) is 13.2. The Morgan fingerprint density at radius 2 is 1.75 bits per heavy atom. The van der Waals surface area contributed by atoms with Crippen molar-refractivity contribution in [1.29, 1.82) is 0 Å². The standard InChI is InChI=1S/C18H19F3N4O3/c1-10(26)22-13-5-7-14(8-6-13)23-16(27)17-24-15(25-28-17)11-3-2-4-12(9-11)18(19,20)21/h2-4,9,13-14H,5-8H2,1H3,(H,22,26)(H,23,27). The number of rotatable bonds is 4. The van der Waals surface area contributed by atoms with Crippen LogP contribution in [0.2, 0.25) is 0 Å². The minimum Gasteiger partial charge on any atom is -0.354 e. The molecule has 0 spiro atoms. The molecule has 10 heteroatoms. The van der Waals surface area contributed by atoms with Gasteiger partial charge in [0.15, 0.2) is 0 Å². The number of alkyl halides is 3. The molecule has 7 nitrogen and oxygen atoms in total. The molecule has 0 saturated heterocycles. The van der Waals surface area contributed by atoms with E-state index >= 15 is 0 Å². The Labute approximate surface area is 158 Å². The third-order valence-electron chi connectivity index (χ3n) is 4.54. The van der Waals surface area contributed by atoms with Crippen molar-refractivity contribution in [1.82, 2.24) is 20.8 Å². The number of nitrogens with one attached hydrogen (secondary N) is 2. The SMILES string of the molecule is CC(=O)NC1CCC(NC(=O)c2nc(-c3cccc(C(F)(F)F)c3)no2)CC1. The van der Waals surface area contributed by atoms with Gasteiger partial charge in [0.1, 0.15) is 0 Å². The van der Waals surface area contributed by atoms with Gasteiger partial charge in [0.05, 0.1) is 5.56 Å². The zero-order valence-electron chi connectivity index (χ0n) is 15.0. The van der Waals surface area contributed by atoms with Gasteiger partial charge in [-0.05, 0) is 37.8 Å². The molecule has 1 heterocycles. The third kappa shape index (κ3) is 4.87. The summed E-state index contributed by atoms with van der Waals surface area (Å²) >= 11 is 0. The third-order valence-corrected chi connectivity index (χ3v) is 4.54. The molecule has 28 heavy (non-hydrogen) atoms. The van der Waals surface area contributed by atoms with E-state index in [4.69, 9.17) is 4.52 Å². The molecule has 0 aliphatic heterocycles. The first-order valence-corrected chi connectivity index (χ1v) is 8.81. The number of carbonyl (C=O) groups is 2. The quantitative estimate of drug-likeness (QED) is 0.828. The number of hydrogen-bond acceptors (Lipinski definition) is 5. The van der Waals surface area contributed by atoms with Crippen LogP contribution in [0.3, 0.4) is 0 Å². The van der Waals surface area contributed by atoms with E-state index in [0.29, 0.717) is 12.8 Å². The van der Waals surface area contributed by atoms with Crippen LogP contribution in [0.5, 0.6) is 0 Å². The summed E-state index contributed by atoms with van der Waals surface area (Å²) in [5, 5.41) is 9.24. The van der Waals surface area contributed by atoms with Crippen LogP contribution in [0.15, 0.2) is 28.8 Å². The molecule has 150 valence electrons. The van der Waals surface area contributed by atoms with Crippen molar-refractivity contribution in [3.8, 4) is 11.4 Å². The summed E-state index contributed by atoms with van der Waals surface area (Å²) < 4.78 is 43.4. The van der Waals surface area contributed by atoms with Gasteiger partial charge in [0, 0.05) is 24.6 Å². The average molecular weight is 396 g/mol. The molecule has 2 N–H and O–H groups in total. The van der Waals surface area contributed by atoms with Crippen LogP contribution in [-0.2, 0) is 11.0 Å². The molecule has 1 aliphatic carbocycles. The average Bonchev–Trinajstić information content (AvgIpc) is 3.13. The Morgan fingerprint density at radius 1 is 1.11 bits per heavy atom. The smallest absolute Gasteiger partial charge is 0.354 e. The number of benzene rings is 1. The molecule has 1 aromatic heterocycles. The van der Waals surface area contributed by atoms with Gasteiger partial charge in [0.2, 0.25) is 11.7 Å². The number of halogens is 3. The van der Waals surface area contributed by atoms with E-state index in [1.54, 1.807) is 0 Å². The Kier molecular flexibility index (Phi) is 5.66. The number of aromatic nitrogens is 2. The van der Waals surface area contributed by atoms with Crippen molar-refractivity contribution >= 4 is 11.8 Å². The molecule has 0 bridgehead atoms. The van der Waals surface area contributed by atoms with Crippen LogP contribution >= 0.6 is 0 Å². The normalized spacial score (nSPS) is 19.9. The second-order valence-electron chi connectivity index (χ2n) is 6.72. The van der Waals surface area contributed by atoms with E-state index < -0.39 is 17.6 Å². The number of nitrogens with zero attached hydrogens (tertiary/aromatic N) is 2. The fourth-order valence-corrected chi connectivity index (χ4v) is 3.18. The lowest BCUT2D eigenvalue weighted by molar-refractivity contribution is -0.137. The molecule has 1 saturated carbocycles. The molecule has 1 aliphatic rings. The van der Waals surface area contributed by atoms with E-state index in [1.165, 1.54) is 19.1 Å². The van der Waals surface area contributed by atoms with Crippen molar-refractivity contribution in [3.05, 3.63) is 35.7 Å². The largest absolute Gasteiger partial charge is 0.416 e. The summed E-state index contributed by atoms with van der Waals surface area (Å²) in [6, 6.07) is 4.49. The fourth-order valence-electron chi connectivity index (χ4n) is 3.18. The lowest BCUT2D eigenvalue weighted by Gasteiger charge is -2.28. The van der Waals surface area contributed by atoms with Crippen LogP contribution < -0.4 is 10.6 Å². The predicted octanol–water partition coefficient (Wildman–Crippen LogP) is 2.93. The summed E-state index contributed by atoms with van der Waals surface area (Å²) in [6.45, 7) is 1.46. The maximum absolute atomic E-state index is 12.8. The second-order valence-corrected chi connectivity index (χ2v) is 6.72. The van der Waals surface area contributed by atoms with Crippen LogP contribution in [0.25, 0.3) is 11.4 Å². The fraction of sp³-hybridized carbons (Fsp3) is 0.444. The molecule has 0 unspecified atom stereocenters. The van der Waals surface area contributed by atoms with Crippen molar-refractivity contribution in [3.63, 3.8) is 0 Å². The first-order valence-electron chi connectivity index (χ1n) is 8.81. The van der Waals surface area contributed by atoms with Crippen molar-refractivity contribution < 1.29 is 27.3 Å². The van der Waals surface area contributed by atoms with Gasteiger partial charge in [-0.25, -0.2) is 0 Å². The van der Waals surface area contributed by atoms with Gasteiger partial charge in [-0.2, -0.15) is 18.2 Å². The monoisotopic (exact) mass is 396 g/mol. The highest BCUT2D eigenvalue weighted by Gasteiger charge is 2.31. The zero-order valence-corrected chi connectivity index (χ0v) is 15.0. The minimum atomic E-state index is -4.49. The lowest BCUT2D eigenvalue weighted by Crippen LogP contribution is -2.43. The number of carbonyl (C=O) groups excluding carboxylic acids is 2. The van der Waals surface area contributed by atoms with Crippen molar-refractivity contribution in [2.45, 2.75) is 50.9 Å². The summed E-state index contributed by atoms with van der Waals surface area (Å²) in [5.74, 6) is -1.06. The molecule has 0 atom stereocenters. The minimum absolute atomic E-state index is 0.0829. The van der Waals surface area contributed by atoms with E-state index in [2.05, 4.69) is 20.8 Å².